The zero-order valence-electron chi connectivity index (χ0n) is 17.3. The maximum absolute atomic E-state index is 13.4. The fourth-order valence-corrected chi connectivity index (χ4v) is 3.57. The Labute approximate surface area is 177 Å². The number of nitrogens with zero attached hydrogens (tertiary/aromatic N) is 1. The summed E-state index contributed by atoms with van der Waals surface area (Å²) in [5, 5.41) is 1.99. The molecule has 154 valence electrons. The van der Waals surface area contributed by atoms with Crippen LogP contribution in [0.5, 0.6) is 0 Å². The van der Waals surface area contributed by atoms with Crippen molar-refractivity contribution in [2.45, 2.75) is 33.2 Å². The highest BCUT2D eigenvalue weighted by molar-refractivity contribution is 8.10. The lowest BCUT2D eigenvalue weighted by atomic mass is 10.0. The third-order valence-electron chi connectivity index (χ3n) is 4.35. The van der Waals surface area contributed by atoms with Gasteiger partial charge in [-0.1, -0.05) is 62.5 Å². The average Bonchev–Trinajstić information content (AvgIpc) is 2.70. The number of benzene rings is 2. The van der Waals surface area contributed by atoms with E-state index in [0.29, 0.717) is 24.6 Å². The molecular formula is C24H29FN2OS. The second-order valence-electron chi connectivity index (χ2n) is 7.51. The zero-order valence-corrected chi connectivity index (χ0v) is 18.1. The van der Waals surface area contributed by atoms with Crippen molar-refractivity contribution in [3.05, 3.63) is 83.5 Å². The first kappa shape index (κ1) is 22.9. The summed E-state index contributed by atoms with van der Waals surface area (Å²) in [5.41, 5.74) is 8.84. The molecule has 0 saturated carbocycles. The van der Waals surface area contributed by atoms with E-state index in [1.807, 2.05) is 56.5 Å². The van der Waals surface area contributed by atoms with Crippen molar-refractivity contribution in [2.75, 3.05) is 11.4 Å². The van der Waals surface area contributed by atoms with Gasteiger partial charge in [0.05, 0.1) is 6.04 Å². The van der Waals surface area contributed by atoms with E-state index >= 15 is 0 Å². The molecule has 0 spiro atoms. The summed E-state index contributed by atoms with van der Waals surface area (Å²) in [6, 6.07) is 15.3. The number of hydrogen-bond acceptors (Lipinski definition) is 3. The number of carbonyl (C=O) groups is 1. The summed E-state index contributed by atoms with van der Waals surface area (Å²) in [7, 11) is 0. The quantitative estimate of drug-likeness (QED) is 0.563. The van der Waals surface area contributed by atoms with Crippen LogP contribution in [-0.2, 0) is 4.79 Å². The van der Waals surface area contributed by atoms with Gasteiger partial charge >= 0.3 is 0 Å². The standard InChI is InChI=1S/C24H29FN2OS/c1-17(2)14-23(26)24(28)27(22-12-10-21(25)11-13-22)15-18(3)16-29-19(4)20-8-6-5-7-9-20/h5-13,16-17,23H,4,14-15,26H2,1-3H3/b18-16+/t23-/m0/s1. The molecule has 2 aromatic rings. The van der Waals surface area contributed by atoms with Crippen molar-refractivity contribution in [1.29, 1.82) is 0 Å². The van der Waals surface area contributed by atoms with Crippen molar-refractivity contribution in [1.82, 2.24) is 0 Å². The molecule has 0 radical (unpaired) electrons. The van der Waals surface area contributed by atoms with Gasteiger partial charge in [0.25, 0.3) is 0 Å². The van der Waals surface area contributed by atoms with Crippen molar-refractivity contribution < 1.29 is 9.18 Å². The lowest BCUT2D eigenvalue weighted by Gasteiger charge is -2.27. The first-order chi connectivity index (χ1) is 13.8. The summed E-state index contributed by atoms with van der Waals surface area (Å²) >= 11 is 1.52. The second kappa shape index (κ2) is 11.0. The van der Waals surface area contributed by atoms with Crippen LogP contribution in [-0.4, -0.2) is 18.5 Å². The maximum Gasteiger partial charge on any atom is 0.244 e. The number of thioether (sulfide) groups is 1. The molecule has 0 fully saturated rings. The molecule has 2 N–H and O–H groups in total. The number of amides is 1. The van der Waals surface area contributed by atoms with Crippen LogP contribution in [0.2, 0.25) is 0 Å². The van der Waals surface area contributed by atoms with Gasteiger partial charge in [0.2, 0.25) is 5.91 Å². The molecule has 1 atom stereocenters. The maximum atomic E-state index is 13.4. The molecule has 0 unspecified atom stereocenters. The van der Waals surface area contributed by atoms with Crippen LogP contribution in [0, 0.1) is 11.7 Å². The first-order valence-electron chi connectivity index (χ1n) is 9.67. The molecular weight excluding hydrogens is 383 g/mol. The molecule has 0 saturated heterocycles. The van der Waals surface area contributed by atoms with E-state index in [0.717, 1.165) is 16.0 Å². The van der Waals surface area contributed by atoms with E-state index in [-0.39, 0.29) is 11.7 Å². The predicted molar refractivity (Wildman–Crippen MR) is 123 cm³/mol. The number of carbonyl (C=O) groups excluding carboxylic acids is 1. The van der Waals surface area contributed by atoms with Crippen molar-refractivity contribution in [3.63, 3.8) is 0 Å². The molecule has 3 nitrogen and oxygen atoms in total. The SMILES string of the molecule is C=C(S/C=C(\C)CN(C(=O)[C@@H](N)CC(C)C)c1ccc(F)cc1)c1ccccc1. The summed E-state index contributed by atoms with van der Waals surface area (Å²) in [6.45, 7) is 10.5. The lowest BCUT2D eigenvalue weighted by Crippen LogP contribution is -2.45. The minimum atomic E-state index is -0.597. The van der Waals surface area contributed by atoms with Crippen LogP contribution in [0.1, 0.15) is 32.8 Å². The van der Waals surface area contributed by atoms with Crippen LogP contribution >= 0.6 is 11.8 Å². The summed E-state index contributed by atoms with van der Waals surface area (Å²) in [6.07, 6.45) is 0.596. The van der Waals surface area contributed by atoms with Gasteiger partial charge in [-0.15, -0.1) is 0 Å². The van der Waals surface area contributed by atoms with E-state index in [4.69, 9.17) is 5.73 Å². The largest absolute Gasteiger partial charge is 0.320 e. The third-order valence-corrected chi connectivity index (χ3v) is 5.39. The Hall–Kier alpha value is -2.37. The molecule has 0 bridgehead atoms. The minimum Gasteiger partial charge on any atom is -0.320 e. The Kier molecular flexibility index (Phi) is 8.68. The van der Waals surface area contributed by atoms with Gasteiger partial charge in [-0.2, -0.15) is 0 Å². The Morgan fingerprint density at radius 1 is 1.17 bits per heavy atom. The van der Waals surface area contributed by atoms with Gasteiger partial charge in [0.1, 0.15) is 5.82 Å². The van der Waals surface area contributed by atoms with Gasteiger partial charge in [0, 0.05) is 17.1 Å². The molecule has 29 heavy (non-hydrogen) atoms. The van der Waals surface area contributed by atoms with Gasteiger partial charge in [-0.3, -0.25) is 4.79 Å². The number of anilines is 1. The first-order valence-corrected chi connectivity index (χ1v) is 10.5. The average molecular weight is 413 g/mol. The number of halogens is 1. The summed E-state index contributed by atoms with van der Waals surface area (Å²) in [4.78, 5) is 15.6. The normalized spacial score (nSPS) is 12.7. The number of nitrogens with two attached hydrogens (primary N) is 1. The minimum absolute atomic E-state index is 0.162. The van der Waals surface area contributed by atoms with Gasteiger partial charge in [-0.05, 0) is 60.1 Å². The van der Waals surface area contributed by atoms with Crippen molar-refractivity contribution >= 4 is 28.3 Å². The summed E-state index contributed by atoms with van der Waals surface area (Å²) < 4.78 is 13.4. The monoisotopic (exact) mass is 412 g/mol. The van der Waals surface area contributed by atoms with E-state index < -0.39 is 6.04 Å². The molecule has 0 aliphatic rings. The number of rotatable bonds is 9. The molecule has 2 rings (SSSR count). The van der Waals surface area contributed by atoms with Crippen molar-refractivity contribution in [2.24, 2.45) is 11.7 Å². The second-order valence-corrected chi connectivity index (χ2v) is 8.47. The van der Waals surface area contributed by atoms with Crippen molar-refractivity contribution in [3.8, 4) is 0 Å². The fourth-order valence-electron chi connectivity index (χ4n) is 2.88. The van der Waals surface area contributed by atoms with Crippen LogP contribution < -0.4 is 10.6 Å². The van der Waals surface area contributed by atoms with Crippen LogP contribution in [0.15, 0.2) is 72.2 Å². The molecule has 0 aliphatic heterocycles. The zero-order chi connectivity index (χ0) is 21.4. The van der Waals surface area contributed by atoms with E-state index in [1.165, 1.54) is 23.9 Å². The van der Waals surface area contributed by atoms with Crippen LogP contribution in [0.25, 0.3) is 4.91 Å². The third kappa shape index (κ3) is 7.18. The van der Waals surface area contributed by atoms with E-state index in [2.05, 4.69) is 6.58 Å². The molecule has 1 amide bonds. The van der Waals surface area contributed by atoms with Crippen LogP contribution in [0.3, 0.4) is 0 Å². The van der Waals surface area contributed by atoms with Gasteiger partial charge in [0.15, 0.2) is 0 Å². The molecule has 0 aliphatic carbocycles. The van der Waals surface area contributed by atoms with E-state index in [1.54, 1.807) is 17.0 Å². The highest BCUT2D eigenvalue weighted by Crippen LogP contribution is 2.28. The summed E-state index contributed by atoms with van der Waals surface area (Å²) in [5.74, 6) is -0.190. The lowest BCUT2D eigenvalue weighted by molar-refractivity contribution is -0.120. The number of hydrogen-bond donors (Lipinski definition) is 1. The Bertz CT molecular complexity index is 847. The molecule has 0 heterocycles. The van der Waals surface area contributed by atoms with Gasteiger partial charge in [-0.25, -0.2) is 4.39 Å². The highest BCUT2D eigenvalue weighted by atomic mass is 32.2. The molecule has 5 heteroatoms. The Morgan fingerprint density at radius 2 is 1.79 bits per heavy atom. The van der Waals surface area contributed by atoms with Gasteiger partial charge < -0.3 is 10.6 Å². The molecule has 2 aromatic carbocycles. The Balaban J connectivity index is 2.16. The fraction of sp³-hybridized carbons (Fsp3) is 0.292. The van der Waals surface area contributed by atoms with Crippen LogP contribution in [0.4, 0.5) is 10.1 Å². The topological polar surface area (TPSA) is 46.3 Å². The smallest absolute Gasteiger partial charge is 0.244 e. The Morgan fingerprint density at radius 3 is 2.38 bits per heavy atom. The highest BCUT2D eigenvalue weighted by Gasteiger charge is 2.23. The predicted octanol–water partition coefficient (Wildman–Crippen LogP) is 5.84. The van der Waals surface area contributed by atoms with E-state index in [9.17, 15) is 9.18 Å². The molecule has 0 aromatic heterocycles.